The SMILES string of the molecule is CC(c1ccccc1)C(CC(=O)N1CCOCC1)c1cn(C)c2ccccc12. The summed E-state index contributed by atoms with van der Waals surface area (Å²) in [5.74, 6) is 0.602. The first kappa shape index (κ1) is 18.8. The van der Waals surface area contributed by atoms with Gasteiger partial charge in [-0.1, -0.05) is 55.5 Å². The van der Waals surface area contributed by atoms with Crippen LogP contribution in [0.3, 0.4) is 0 Å². The number of nitrogens with zero attached hydrogens (tertiary/aromatic N) is 2. The summed E-state index contributed by atoms with van der Waals surface area (Å²) in [6.45, 7) is 4.91. The molecule has 0 bridgehead atoms. The Hall–Kier alpha value is -2.59. The highest BCUT2D eigenvalue weighted by molar-refractivity contribution is 5.86. The Labute approximate surface area is 166 Å². The van der Waals surface area contributed by atoms with Crippen molar-refractivity contribution in [3.63, 3.8) is 0 Å². The maximum absolute atomic E-state index is 13.1. The fraction of sp³-hybridized carbons (Fsp3) is 0.375. The van der Waals surface area contributed by atoms with Crippen molar-refractivity contribution in [2.75, 3.05) is 26.3 Å². The molecule has 146 valence electrons. The number of aromatic nitrogens is 1. The minimum atomic E-state index is 0.129. The number of hydrogen-bond acceptors (Lipinski definition) is 2. The lowest BCUT2D eigenvalue weighted by Gasteiger charge is -2.30. The predicted molar refractivity (Wildman–Crippen MR) is 113 cm³/mol. The van der Waals surface area contributed by atoms with Gasteiger partial charge in [-0.3, -0.25) is 4.79 Å². The van der Waals surface area contributed by atoms with E-state index < -0.39 is 0 Å². The van der Waals surface area contributed by atoms with Crippen molar-refractivity contribution >= 4 is 16.8 Å². The van der Waals surface area contributed by atoms with Gasteiger partial charge in [0.15, 0.2) is 0 Å². The number of carbonyl (C=O) groups excluding carboxylic acids is 1. The van der Waals surface area contributed by atoms with Crippen LogP contribution in [-0.2, 0) is 16.6 Å². The smallest absolute Gasteiger partial charge is 0.223 e. The van der Waals surface area contributed by atoms with Crippen LogP contribution in [0.2, 0.25) is 0 Å². The first-order valence-corrected chi connectivity index (χ1v) is 10.1. The van der Waals surface area contributed by atoms with Crippen molar-refractivity contribution < 1.29 is 9.53 Å². The highest BCUT2D eigenvalue weighted by Gasteiger charge is 2.29. The third kappa shape index (κ3) is 3.69. The number of aryl methyl sites for hydroxylation is 1. The second kappa shape index (κ2) is 8.19. The first-order valence-electron chi connectivity index (χ1n) is 10.1. The van der Waals surface area contributed by atoms with Crippen LogP contribution < -0.4 is 0 Å². The van der Waals surface area contributed by atoms with E-state index in [1.807, 2.05) is 11.0 Å². The van der Waals surface area contributed by atoms with Crippen LogP contribution in [0.15, 0.2) is 60.8 Å². The molecule has 2 aromatic carbocycles. The van der Waals surface area contributed by atoms with Gasteiger partial charge in [0.25, 0.3) is 0 Å². The lowest BCUT2D eigenvalue weighted by atomic mass is 9.80. The highest BCUT2D eigenvalue weighted by Crippen LogP contribution is 2.39. The van der Waals surface area contributed by atoms with Gasteiger partial charge < -0.3 is 14.2 Å². The molecule has 1 aliphatic rings. The van der Waals surface area contributed by atoms with E-state index in [4.69, 9.17) is 4.74 Å². The third-order valence-corrected chi connectivity index (χ3v) is 6.01. The van der Waals surface area contributed by atoms with Gasteiger partial charge >= 0.3 is 0 Å². The Morgan fingerprint density at radius 2 is 1.71 bits per heavy atom. The molecule has 4 rings (SSSR count). The number of ether oxygens (including phenoxy) is 1. The summed E-state index contributed by atoms with van der Waals surface area (Å²) in [4.78, 5) is 15.1. The molecule has 2 unspecified atom stereocenters. The van der Waals surface area contributed by atoms with E-state index in [2.05, 4.69) is 73.3 Å². The van der Waals surface area contributed by atoms with E-state index in [1.54, 1.807) is 0 Å². The number of fused-ring (bicyclic) bond motifs is 1. The molecule has 1 fully saturated rings. The second-order valence-electron chi connectivity index (χ2n) is 7.72. The Morgan fingerprint density at radius 3 is 2.46 bits per heavy atom. The summed E-state index contributed by atoms with van der Waals surface area (Å²) in [5, 5.41) is 1.24. The average Bonchev–Trinajstić information content (AvgIpc) is 3.09. The number of rotatable bonds is 5. The van der Waals surface area contributed by atoms with Gasteiger partial charge in [-0.05, 0) is 23.1 Å². The van der Waals surface area contributed by atoms with Gasteiger partial charge in [-0.15, -0.1) is 0 Å². The predicted octanol–water partition coefficient (Wildman–Crippen LogP) is 4.31. The van der Waals surface area contributed by atoms with E-state index in [0.29, 0.717) is 32.7 Å². The minimum Gasteiger partial charge on any atom is -0.378 e. The molecule has 0 N–H and O–H groups in total. The second-order valence-corrected chi connectivity index (χ2v) is 7.72. The summed E-state index contributed by atoms with van der Waals surface area (Å²) in [6.07, 6.45) is 2.73. The molecule has 2 heterocycles. The van der Waals surface area contributed by atoms with Gasteiger partial charge in [0.05, 0.1) is 13.2 Å². The summed E-state index contributed by atoms with van der Waals surface area (Å²) >= 11 is 0. The van der Waals surface area contributed by atoms with Crippen LogP contribution in [0, 0.1) is 0 Å². The van der Waals surface area contributed by atoms with E-state index in [-0.39, 0.29) is 17.7 Å². The van der Waals surface area contributed by atoms with Crippen LogP contribution >= 0.6 is 0 Å². The summed E-state index contributed by atoms with van der Waals surface area (Å²) < 4.78 is 7.60. The third-order valence-electron chi connectivity index (χ3n) is 6.01. The fourth-order valence-corrected chi connectivity index (χ4v) is 4.34. The van der Waals surface area contributed by atoms with Gasteiger partial charge in [0.1, 0.15) is 0 Å². The van der Waals surface area contributed by atoms with E-state index >= 15 is 0 Å². The first-order chi connectivity index (χ1) is 13.6. The number of para-hydroxylation sites is 1. The molecule has 3 aromatic rings. The fourth-order valence-electron chi connectivity index (χ4n) is 4.34. The van der Waals surface area contributed by atoms with E-state index in [0.717, 1.165) is 0 Å². The van der Waals surface area contributed by atoms with Crippen molar-refractivity contribution in [2.45, 2.75) is 25.2 Å². The average molecular weight is 376 g/mol. The van der Waals surface area contributed by atoms with Gasteiger partial charge in [0, 0.05) is 49.6 Å². The van der Waals surface area contributed by atoms with E-state index in [9.17, 15) is 4.79 Å². The summed E-state index contributed by atoms with van der Waals surface area (Å²) in [6, 6.07) is 19.0. The molecule has 4 nitrogen and oxygen atoms in total. The maximum Gasteiger partial charge on any atom is 0.223 e. The monoisotopic (exact) mass is 376 g/mol. The molecule has 0 aliphatic carbocycles. The van der Waals surface area contributed by atoms with Crippen LogP contribution in [-0.4, -0.2) is 41.7 Å². The summed E-state index contributed by atoms with van der Waals surface area (Å²) in [5.41, 5.74) is 3.74. The topological polar surface area (TPSA) is 34.5 Å². The zero-order valence-electron chi connectivity index (χ0n) is 16.7. The van der Waals surface area contributed by atoms with Crippen molar-refractivity contribution in [1.82, 2.24) is 9.47 Å². The largest absolute Gasteiger partial charge is 0.378 e. The zero-order valence-corrected chi connectivity index (χ0v) is 16.7. The van der Waals surface area contributed by atoms with Crippen LogP contribution in [0.1, 0.15) is 36.3 Å². The lowest BCUT2D eigenvalue weighted by Crippen LogP contribution is -2.41. The van der Waals surface area contributed by atoms with Crippen LogP contribution in [0.4, 0.5) is 0 Å². The Morgan fingerprint density at radius 1 is 1.04 bits per heavy atom. The molecular weight excluding hydrogens is 348 g/mol. The van der Waals surface area contributed by atoms with Crippen molar-refractivity contribution in [2.24, 2.45) is 7.05 Å². The van der Waals surface area contributed by atoms with Gasteiger partial charge in [0.2, 0.25) is 5.91 Å². The lowest BCUT2D eigenvalue weighted by molar-refractivity contribution is -0.135. The Bertz CT molecular complexity index is 942. The molecule has 1 aromatic heterocycles. The van der Waals surface area contributed by atoms with E-state index in [1.165, 1.54) is 22.0 Å². The molecule has 4 heteroatoms. The molecule has 0 saturated carbocycles. The zero-order chi connectivity index (χ0) is 19.5. The number of benzene rings is 2. The van der Waals surface area contributed by atoms with Crippen LogP contribution in [0.5, 0.6) is 0 Å². The highest BCUT2D eigenvalue weighted by atomic mass is 16.5. The van der Waals surface area contributed by atoms with Crippen molar-refractivity contribution in [1.29, 1.82) is 0 Å². The number of hydrogen-bond donors (Lipinski definition) is 0. The van der Waals surface area contributed by atoms with Gasteiger partial charge in [-0.2, -0.15) is 0 Å². The molecule has 28 heavy (non-hydrogen) atoms. The number of amides is 1. The standard InChI is InChI=1S/C24H28N2O2/c1-18(19-8-4-3-5-9-19)21(16-24(27)26-12-14-28-15-13-26)22-17-25(2)23-11-7-6-10-20(22)23/h3-11,17-18,21H,12-16H2,1-2H3. The minimum absolute atomic E-state index is 0.129. The molecule has 0 spiro atoms. The number of carbonyl (C=O) groups is 1. The summed E-state index contributed by atoms with van der Waals surface area (Å²) in [7, 11) is 2.08. The maximum atomic E-state index is 13.1. The van der Waals surface area contributed by atoms with Gasteiger partial charge in [-0.25, -0.2) is 0 Å². The molecule has 1 amide bonds. The Balaban J connectivity index is 1.71. The van der Waals surface area contributed by atoms with Crippen LogP contribution in [0.25, 0.3) is 10.9 Å². The quantitative estimate of drug-likeness (QED) is 0.665. The molecule has 1 aliphatic heterocycles. The molecule has 2 atom stereocenters. The van der Waals surface area contributed by atoms with Crippen molar-refractivity contribution in [3.8, 4) is 0 Å². The molecule has 1 saturated heterocycles. The Kier molecular flexibility index (Phi) is 5.49. The molecular formula is C24H28N2O2. The number of morpholine rings is 1. The normalized spacial score (nSPS) is 16.9. The van der Waals surface area contributed by atoms with Crippen molar-refractivity contribution in [3.05, 3.63) is 71.9 Å². The molecule has 0 radical (unpaired) electrons.